The van der Waals surface area contributed by atoms with Gasteiger partial charge in [-0.1, -0.05) is 29.3 Å². The minimum Gasteiger partial charge on any atom is -0.402 e. The Balaban J connectivity index is 1.64. The number of aryl methyl sites for hydroxylation is 2. The number of amides is 1. The Morgan fingerprint density at radius 3 is 2.56 bits per heavy atom. The summed E-state index contributed by atoms with van der Waals surface area (Å²) < 4.78 is 5.27. The summed E-state index contributed by atoms with van der Waals surface area (Å²) in [6.07, 6.45) is 1.52. The standard InChI is InChI=1S/C23H17Cl2N3O3S/c1-12-4-6-17(8-13(12)2)28(14(3)29)23-26-16(11-32-23)10-20-22(30)31-21(27-20)15-5-7-18(24)19(25)9-15/h4-11H,1-3H3/b20-10+. The molecule has 6 nitrogen and oxygen atoms in total. The van der Waals surface area contributed by atoms with Crippen LogP contribution in [0.3, 0.4) is 0 Å². The summed E-state index contributed by atoms with van der Waals surface area (Å²) in [6, 6.07) is 10.6. The van der Waals surface area contributed by atoms with E-state index in [-0.39, 0.29) is 17.5 Å². The van der Waals surface area contributed by atoms with Gasteiger partial charge in [-0.2, -0.15) is 0 Å². The van der Waals surface area contributed by atoms with Gasteiger partial charge >= 0.3 is 5.97 Å². The fraction of sp³-hybridized carbons (Fsp3) is 0.130. The van der Waals surface area contributed by atoms with Crippen LogP contribution in [0.1, 0.15) is 29.3 Å². The van der Waals surface area contributed by atoms with Crippen LogP contribution in [-0.2, 0) is 14.3 Å². The zero-order valence-electron chi connectivity index (χ0n) is 17.3. The van der Waals surface area contributed by atoms with Gasteiger partial charge in [0, 0.05) is 17.9 Å². The van der Waals surface area contributed by atoms with Crippen LogP contribution >= 0.6 is 34.5 Å². The molecule has 1 aliphatic heterocycles. The number of aliphatic imine (C=N–C) groups is 1. The van der Waals surface area contributed by atoms with E-state index in [9.17, 15) is 9.59 Å². The second-order valence-corrected chi connectivity index (χ2v) is 8.79. The van der Waals surface area contributed by atoms with Crippen molar-refractivity contribution in [2.24, 2.45) is 4.99 Å². The van der Waals surface area contributed by atoms with Crippen LogP contribution in [-0.4, -0.2) is 22.8 Å². The Bertz CT molecular complexity index is 1310. The second kappa shape index (κ2) is 8.86. The van der Waals surface area contributed by atoms with E-state index in [1.165, 1.54) is 29.2 Å². The summed E-state index contributed by atoms with van der Waals surface area (Å²) in [5, 5.41) is 2.97. The van der Waals surface area contributed by atoms with Crippen LogP contribution in [0, 0.1) is 13.8 Å². The van der Waals surface area contributed by atoms with Crippen molar-refractivity contribution in [1.29, 1.82) is 0 Å². The highest BCUT2D eigenvalue weighted by atomic mass is 35.5. The smallest absolute Gasteiger partial charge is 0.363 e. The molecular formula is C23H17Cl2N3O3S. The van der Waals surface area contributed by atoms with Crippen LogP contribution in [0.2, 0.25) is 10.0 Å². The highest BCUT2D eigenvalue weighted by Crippen LogP contribution is 2.31. The fourth-order valence-electron chi connectivity index (χ4n) is 3.04. The van der Waals surface area contributed by atoms with Crippen molar-refractivity contribution in [3.63, 3.8) is 0 Å². The zero-order valence-corrected chi connectivity index (χ0v) is 19.7. The Hall–Kier alpha value is -3.00. The van der Waals surface area contributed by atoms with E-state index in [0.717, 1.165) is 16.8 Å². The molecule has 0 atom stereocenters. The van der Waals surface area contributed by atoms with E-state index in [1.54, 1.807) is 23.6 Å². The number of aromatic nitrogens is 1. The first kappa shape index (κ1) is 22.2. The Labute approximate surface area is 198 Å². The van der Waals surface area contributed by atoms with Gasteiger partial charge in [-0.25, -0.2) is 14.8 Å². The molecular weight excluding hydrogens is 469 g/mol. The normalized spacial score (nSPS) is 14.5. The molecule has 1 aromatic heterocycles. The van der Waals surface area contributed by atoms with Crippen molar-refractivity contribution < 1.29 is 14.3 Å². The van der Waals surface area contributed by atoms with Gasteiger partial charge in [-0.3, -0.25) is 9.69 Å². The van der Waals surface area contributed by atoms with Crippen LogP contribution in [0.15, 0.2) is 52.5 Å². The summed E-state index contributed by atoms with van der Waals surface area (Å²) in [5.74, 6) is -0.629. The topological polar surface area (TPSA) is 71.9 Å². The molecule has 2 heterocycles. The molecule has 0 saturated heterocycles. The summed E-state index contributed by atoms with van der Waals surface area (Å²) in [4.78, 5) is 35.0. The lowest BCUT2D eigenvalue weighted by atomic mass is 10.1. The third kappa shape index (κ3) is 4.46. The van der Waals surface area contributed by atoms with Gasteiger partial charge in [0.05, 0.1) is 21.4 Å². The molecule has 0 spiro atoms. The van der Waals surface area contributed by atoms with E-state index < -0.39 is 5.97 Å². The first-order valence-electron chi connectivity index (χ1n) is 9.54. The van der Waals surface area contributed by atoms with E-state index in [4.69, 9.17) is 27.9 Å². The maximum Gasteiger partial charge on any atom is 0.363 e. The number of esters is 1. The molecule has 0 radical (unpaired) electrons. The van der Waals surface area contributed by atoms with Gasteiger partial charge in [-0.15, -0.1) is 11.3 Å². The summed E-state index contributed by atoms with van der Waals surface area (Å²) in [5.41, 5.74) is 4.07. The molecule has 4 rings (SSSR count). The Morgan fingerprint density at radius 1 is 1.09 bits per heavy atom. The van der Waals surface area contributed by atoms with Gasteiger partial charge < -0.3 is 4.74 Å². The van der Waals surface area contributed by atoms with E-state index >= 15 is 0 Å². The van der Waals surface area contributed by atoms with Gasteiger partial charge in [-0.05, 0) is 61.4 Å². The second-order valence-electron chi connectivity index (χ2n) is 7.14. The van der Waals surface area contributed by atoms with Crippen LogP contribution in [0.4, 0.5) is 10.8 Å². The number of carbonyl (C=O) groups excluding carboxylic acids is 2. The molecule has 2 aromatic carbocycles. The third-order valence-corrected chi connectivity index (χ3v) is 6.42. The lowest BCUT2D eigenvalue weighted by molar-refractivity contribution is -0.130. The number of rotatable bonds is 4. The fourth-order valence-corrected chi connectivity index (χ4v) is 4.18. The van der Waals surface area contributed by atoms with Gasteiger partial charge in [0.15, 0.2) is 10.8 Å². The molecule has 1 amide bonds. The maximum absolute atomic E-state index is 12.4. The lowest BCUT2D eigenvalue weighted by Crippen LogP contribution is -2.22. The Morgan fingerprint density at radius 2 is 1.88 bits per heavy atom. The molecule has 32 heavy (non-hydrogen) atoms. The third-order valence-electron chi connectivity index (χ3n) is 4.84. The predicted molar refractivity (Wildman–Crippen MR) is 128 cm³/mol. The SMILES string of the molecule is CC(=O)N(c1ccc(C)c(C)c1)c1nc(/C=C2/N=C(c3ccc(Cl)c(Cl)c3)OC2=O)cs1. The quantitative estimate of drug-likeness (QED) is 0.330. The van der Waals surface area contributed by atoms with Crippen molar-refractivity contribution in [3.8, 4) is 0 Å². The van der Waals surface area contributed by atoms with Crippen molar-refractivity contribution >= 4 is 69.2 Å². The predicted octanol–water partition coefficient (Wildman–Crippen LogP) is 6.10. The molecule has 0 fully saturated rings. The number of thiazole rings is 1. The van der Waals surface area contributed by atoms with Crippen molar-refractivity contribution in [1.82, 2.24) is 4.98 Å². The average Bonchev–Trinajstić information content (AvgIpc) is 3.34. The van der Waals surface area contributed by atoms with Crippen molar-refractivity contribution in [3.05, 3.63) is 79.9 Å². The Kier molecular flexibility index (Phi) is 6.15. The van der Waals surface area contributed by atoms with Crippen molar-refractivity contribution in [2.45, 2.75) is 20.8 Å². The number of hydrogen-bond donors (Lipinski definition) is 0. The van der Waals surface area contributed by atoms with Crippen LogP contribution < -0.4 is 4.90 Å². The number of ether oxygens (including phenoxy) is 1. The minimum absolute atomic E-state index is 0.100. The largest absolute Gasteiger partial charge is 0.402 e. The van der Waals surface area contributed by atoms with E-state index in [0.29, 0.717) is 26.4 Å². The number of halogens is 2. The molecule has 0 aliphatic carbocycles. The molecule has 9 heteroatoms. The zero-order chi connectivity index (χ0) is 23.0. The van der Waals surface area contributed by atoms with Gasteiger partial charge in [0.25, 0.3) is 0 Å². The van der Waals surface area contributed by atoms with Crippen molar-refractivity contribution in [2.75, 3.05) is 4.90 Å². The summed E-state index contributed by atoms with van der Waals surface area (Å²) in [6.45, 7) is 5.49. The first-order valence-corrected chi connectivity index (χ1v) is 11.2. The summed E-state index contributed by atoms with van der Waals surface area (Å²) in [7, 11) is 0. The van der Waals surface area contributed by atoms with E-state index in [2.05, 4.69) is 9.98 Å². The average molecular weight is 486 g/mol. The molecule has 0 N–H and O–H groups in total. The molecule has 3 aromatic rings. The minimum atomic E-state index is -0.599. The molecule has 1 aliphatic rings. The number of nitrogens with zero attached hydrogens (tertiary/aromatic N) is 3. The van der Waals surface area contributed by atoms with Gasteiger partial charge in [0.2, 0.25) is 11.8 Å². The number of cyclic esters (lactones) is 1. The first-order chi connectivity index (χ1) is 15.2. The van der Waals surface area contributed by atoms with Gasteiger partial charge in [0.1, 0.15) is 0 Å². The van der Waals surface area contributed by atoms with Crippen LogP contribution in [0.25, 0.3) is 6.08 Å². The lowest BCUT2D eigenvalue weighted by Gasteiger charge is -2.19. The van der Waals surface area contributed by atoms with E-state index in [1.807, 2.05) is 32.0 Å². The highest BCUT2D eigenvalue weighted by Gasteiger charge is 2.25. The monoisotopic (exact) mass is 485 g/mol. The molecule has 0 saturated carbocycles. The molecule has 0 bridgehead atoms. The molecule has 162 valence electrons. The number of anilines is 2. The highest BCUT2D eigenvalue weighted by molar-refractivity contribution is 7.14. The number of carbonyl (C=O) groups is 2. The number of benzene rings is 2. The van der Waals surface area contributed by atoms with Crippen LogP contribution in [0.5, 0.6) is 0 Å². The number of hydrogen-bond acceptors (Lipinski definition) is 6. The molecule has 0 unspecified atom stereocenters. The summed E-state index contributed by atoms with van der Waals surface area (Å²) >= 11 is 13.3. The maximum atomic E-state index is 12.4.